The Kier molecular flexibility index (Phi) is 3.90. The number of halogens is 1. The van der Waals surface area contributed by atoms with Crippen LogP contribution in [0.5, 0.6) is 0 Å². The lowest BCUT2D eigenvalue weighted by Crippen LogP contribution is -2.46. The van der Waals surface area contributed by atoms with Crippen LogP contribution in [0.15, 0.2) is 29.3 Å². The second kappa shape index (κ2) is 5.81. The molecule has 1 aromatic carbocycles. The van der Waals surface area contributed by atoms with Gasteiger partial charge in [-0.2, -0.15) is 0 Å². The van der Waals surface area contributed by atoms with Gasteiger partial charge in [-0.1, -0.05) is 18.6 Å². The molecule has 108 valence electrons. The zero-order chi connectivity index (χ0) is 13.9. The number of nitrogens with two attached hydrogens (primary N) is 1. The SMILES string of the molecule is NC(=NCC1CCC1)NC1CC(c2ccc(F)cc2)C1. The molecule has 2 fully saturated rings. The van der Waals surface area contributed by atoms with Crippen LogP contribution in [0.4, 0.5) is 4.39 Å². The van der Waals surface area contributed by atoms with Crippen LogP contribution in [-0.4, -0.2) is 18.5 Å². The van der Waals surface area contributed by atoms with Gasteiger partial charge in [0.15, 0.2) is 5.96 Å². The van der Waals surface area contributed by atoms with Crippen molar-refractivity contribution in [2.45, 2.75) is 44.1 Å². The standard InChI is InChI=1S/C16H22FN3/c17-14-6-4-12(5-7-14)13-8-15(9-13)20-16(18)19-10-11-2-1-3-11/h4-7,11,13,15H,1-3,8-10H2,(H3,18,19,20). The molecule has 0 spiro atoms. The summed E-state index contributed by atoms with van der Waals surface area (Å²) in [4.78, 5) is 4.41. The average Bonchev–Trinajstić information content (AvgIpc) is 2.33. The van der Waals surface area contributed by atoms with Crippen LogP contribution in [0.2, 0.25) is 0 Å². The number of guanidine groups is 1. The van der Waals surface area contributed by atoms with Crippen molar-refractivity contribution in [1.82, 2.24) is 5.32 Å². The molecule has 2 aliphatic carbocycles. The summed E-state index contributed by atoms with van der Waals surface area (Å²) < 4.78 is 12.9. The first kappa shape index (κ1) is 13.4. The number of nitrogens with one attached hydrogen (secondary N) is 1. The number of rotatable bonds is 4. The highest BCUT2D eigenvalue weighted by Crippen LogP contribution is 2.36. The molecule has 1 aromatic rings. The first-order valence-corrected chi connectivity index (χ1v) is 7.52. The fourth-order valence-corrected chi connectivity index (χ4v) is 2.90. The summed E-state index contributed by atoms with van der Waals surface area (Å²) in [5.41, 5.74) is 7.12. The molecule has 0 amide bonds. The first-order valence-electron chi connectivity index (χ1n) is 7.52. The van der Waals surface area contributed by atoms with Crippen LogP contribution < -0.4 is 11.1 Å². The van der Waals surface area contributed by atoms with Gasteiger partial charge in [-0.25, -0.2) is 4.39 Å². The lowest BCUT2D eigenvalue weighted by atomic mass is 9.76. The third-order valence-corrected chi connectivity index (χ3v) is 4.58. The van der Waals surface area contributed by atoms with Gasteiger partial charge < -0.3 is 11.1 Å². The smallest absolute Gasteiger partial charge is 0.188 e. The van der Waals surface area contributed by atoms with Crippen molar-refractivity contribution >= 4 is 5.96 Å². The zero-order valence-electron chi connectivity index (χ0n) is 11.7. The van der Waals surface area contributed by atoms with Crippen molar-refractivity contribution in [3.05, 3.63) is 35.6 Å². The Morgan fingerprint density at radius 2 is 1.95 bits per heavy atom. The molecule has 0 radical (unpaired) electrons. The second-order valence-corrected chi connectivity index (χ2v) is 6.08. The van der Waals surface area contributed by atoms with Crippen molar-refractivity contribution in [1.29, 1.82) is 0 Å². The molecule has 0 aromatic heterocycles. The predicted molar refractivity (Wildman–Crippen MR) is 79.1 cm³/mol. The molecule has 3 rings (SSSR count). The van der Waals surface area contributed by atoms with Gasteiger partial charge in [-0.15, -0.1) is 0 Å². The maximum absolute atomic E-state index is 12.9. The van der Waals surface area contributed by atoms with Gasteiger partial charge in [0.05, 0.1) is 0 Å². The first-order chi connectivity index (χ1) is 9.70. The molecular weight excluding hydrogens is 253 g/mol. The molecule has 0 bridgehead atoms. The van der Waals surface area contributed by atoms with E-state index in [0.717, 1.165) is 25.3 Å². The largest absolute Gasteiger partial charge is 0.370 e. The topological polar surface area (TPSA) is 50.4 Å². The number of benzene rings is 1. The van der Waals surface area contributed by atoms with E-state index in [2.05, 4.69) is 10.3 Å². The van der Waals surface area contributed by atoms with Crippen molar-refractivity contribution in [3.63, 3.8) is 0 Å². The van der Waals surface area contributed by atoms with E-state index in [1.165, 1.54) is 37.0 Å². The Morgan fingerprint density at radius 3 is 2.55 bits per heavy atom. The molecule has 4 heteroatoms. The van der Waals surface area contributed by atoms with Crippen LogP contribution >= 0.6 is 0 Å². The van der Waals surface area contributed by atoms with Crippen molar-refractivity contribution in [2.24, 2.45) is 16.6 Å². The fourth-order valence-electron chi connectivity index (χ4n) is 2.90. The monoisotopic (exact) mass is 275 g/mol. The molecule has 0 aliphatic heterocycles. The number of aliphatic imine (C=N–C) groups is 1. The quantitative estimate of drug-likeness (QED) is 0.656. The second-order valence-electron chi connectivity index (χ2n) is 6.08. The summed E-state index contributed by atoms with van der Waals surface area (Å²) in [5.74, 6) is 1.69. The Morgan fingerprint density at radius 1 is 1.25 bits per heavy atom. The maximum Gasteiger partial charge on any atom is 0.188 e. The molecule has 0 atom stereocenters. The minimum absolute atomic E-state index is 0.171. The minimum Gasteiger partial charge on any atom is -0.370 e. The van der Waals surface area contributed by atoms with E-state index in [9.17, 15) is 4.39 Å². The van der Waals surface area contributed by atoms with Gasteiger partial charge in [-0.05, 0) is 55.2 Å². The highest BCUT2D eigenvalue weighted by atomic mass is 19.1. The molecule has 2 aliphatic rings. The molecule has 3 nitrogen and oxygen atoms in total. The van der Waals surface area contributed by atoms with E-state index < -0.39 is 0 Å². The highest BCUT2D eigenvalue weighted by Gasteiger charge is 2.30. The van der Waals surface area contributed by atoms with Gasteiger partial charge in [0, 0.05) is 12.6 Å². The highest BCUT2D eigenvalue weighted by molar-refractivity contribution is 5.78. The number of hydrogen-bond acceptors (Lipinski definition) is 1. The predicted octanol–water partition coefficient (Wildman–Crippen LogP) is 2.78. The minimum atomic E-state index is -0.171. The molecule has 0 heterocycles. The van der Waals surface area contributed by atoms with E-state index in [-0.39, 0.29) is 5.82 Å². The summed E-state index contributed by atoms with van der Waals surface area (Å²) in [6.07, 6.45) is 6.03. The number of nitrogens with zero attached hydrogens (tertiary/aromatic N) is 1. The molecule has 0 unspecified atom stereocenters. The molecule has 2 saturated carbocycles. The van der Waals surface area contributed by atoms with Crippen molar-refractivity contribution in [2.75, 3.05) is 6.54 Å². The number of hydrogen-bond donors (Lipinski definition) is 2. The molecule has 3 N–H and O–H groups in total. The molecular formula is C16H22FN3. The molecule has 0 saturated heterocycles. The van der Waals surface area contributed by atoms with Crippen LogP contribution in [-0.2, 0) is 0 Å². The Labute approximate surface area is 119 Å². The summed E-state index contributed by atoms with van der Waals surface area (Å²) >= 11 is 0. The fraction of sp³-hybridized carbons (Fsp3) is 0.562. The van der Waals surface area contributed by atoms with Crippen LogP contribution in [0.25, 0.3) is 0 Å². The Balaban J connectivity index is 1.42. The van der Waals surface area contributed by atoms with Crippen molar-refractivity contribution in [3.8, 4) is 0 Å². The van der Waals surface area contributed by atoms with E-state index in [1.54, 1.807) is 0 Å². The lowest BCUT2D eigenvalue weighted by molar-refractivity contribution is 0.317. The summed E-state index contributed by atoms with van der Waals surface area (Å²) in [5, 5.41) is 3.28. The van der Waals surface area contributed by atoms with Crippen LogP contribution in [0.3, 0.4) is 0 Å². The maximum atomic E-state index is 12.9. The van der Waals surface area contributed by atoms with E-state index >= 15 is 0 Å². The van der Waals surface area contributed by atoms with Crippen LogP contribution in [0, 0.1) is 11.7 Å². The van der Waals surface area contributed by atoms with Gasteiger partial charge in [-0.3, -0.25) is 4.99 Å². The lowest BCUT2D eigenvalue weighted by Gasteiger charge is -2.36. The van der Waals surface area contributed by atoms with E-state index in [0.29, 0.717) is 17.9 Å². The Hall–Kier alpha value is -1.58. The summed E-state index contributed by atoms with van der Waals surface area (Å²) in [6, 6.07) is 7.24. The molecule has 20 heavy (non-hydrogen) atoms. The third kappa shape index (κ3) is 3.11. The van der Waals surface area contributed by atoms with Gasteiger partial charge >= 0.3 is 0 Å². The summed E-state index contributed by atoms with van der Waals surface area (Å²) in [6.45, 7) is 0.868. The van der Waals surface area contributed by atoms with Gasteiger partial charge in [0.1, 0.15) is 5.82 Å². The van der Waals surface area contributed by atoms with Crippen molar-refractivity contribution < 1.29 is 4.39 Å². The van der Waals surface area contributed by atoms with Crippen LogP contribution in [0.1, 0.15) is 43.6 Å². The van der Waals surface area contributed by atoms with E-state index in [4.69, 9.17) is 5.73 Å². The Bertz CT molecular complexity index is 473. The van der Waals surface area contributed by atoms with Gasteiger partial charge in [0.25, 0.3) is 0 Å². The van der Waals surface area contributed by atoms with E-state index in [1.807, 2.05) is 12.1 Å². The third-order valence-electron chi connectivity index (χ3n) is 4.58. The zero-order valence-corrected chi connectivity index (χ0v) is 11.7. The van der Waals surface area contributed by atoms with Gasteiger partial charge in [0.2, 0.25) is 0 Å². The normalized spacial score (nSPS) is 26.8. The average molecular weight is 275 g/mol. The summed E-state index contributed by atoms with van der Waals surface area (Å²) in [7, 11) is 0.